The molecule has 2 rings (SSSR count). The van der Waals surface area contributed by atoms with Gasteiger partial charge in [0, 0.05) is 22.8 Å². The van der Waals surface area contributed by atoms with Crippen LogP contribution in [-0.4, -0.2) is 15.3 Å². The number of rotatable bonds is 4. The van der Waals surface area contributed by atoms with Gasteiger partial charge in [0.25, 0.3) is 0 Å². The van der Waals surface area contributed by atoms with E-state index < -0.39 is 0 Å². The van der Waals surface area contributed by atoms with Gasteiger partial charge in [-0.3, -0.25) is 4.68 Å². The van der Waals surface area contributed by atoms with Crippen molar-refractivity contribution in [3.05, 3.63) is 50.7 Å². The second-order valence-corrected chi connectivity index (χ2v) is 7.55. The van der Waals surface area contributed by atoms with Gasteiger partial charge in [0.05, 0.1) is 17.3 Å². The van der Waals surface area contributed by atoms with Crippen LogP contribution in [0, 0.1) is 6.92 Å². The summed E-state index contributed by atoms with van der Waals surface area (Å²) in [7, 11) is 0. The Morgan fingerprint density at radius 1 is 1.33 bits per heavy atom. The molecule has 114 valence electrons. The summed E-state index contributed by atoms with van der Waals surface area (Å²) in [5.41, 5.74) is 3.43. The van der Waals surface area contributed by atoms with Crippen LogP contribution in [0.25, 0.3) is 0 Å². The van der Waals surface area contributed by atoms with Gasteiger partial charge in [-0.05, 0) is 44.9 Å². The molecule has 0 fully saturated rings. The maximum Gasteiger partial charge on any atom is 0.0815 e. The van der Waals surface area contributed by atoms with Crippen LogP contribution in [0.15, 0.2) is 28.9 Å². The van der Waals surface area contributed by atoms with Crippen LogP contribution in [0.5, 0.6) is 0 Å². The lowest BCUT2D eigenvalue weighted by Gasteiger charge is -2.20. The van der Waals surface area contributed by atoms with E-state index in [0.29, 0.717) is 11.6 Å². The summed E-state index contributed by atoms with van der Waals surface area (Å²) in [4.78, 5) is 0. The molecule has 0 aliphatic heterocycles. The first-order valence-corrected chi connectivity index (χ1v) is 8.13. The summed E-state index contributed by atoms with van der Waals surface area (Å²) >= 11 is 9.69. The van der Waals surface area contributed by atoms with Crippen LogP contribution in [0.3, 0.4) is 0 Å². The highest BCUT2D eigenvalue weighted by atomic mass is 79.9. The van der Waals surface area contributed by atoms with E-state index in [2.05, 4.69) is 65.3 Å². The first-order chi connectivity index (χ1) is 9.74. The van der Waals surface area contributed by atoms with Gasteiger partial charge in [0.1, 0.15) is 0 Å². The highest BCUT2D eigenvalue weighted by Gasteiger charge is 2.10. The van der Waals surface area contributed by atoms with Crippen LogP contribution in [0.4, 0.5) is 0 Å². The van der Waals surface area contributed by atoms with E-state index in [4.69, 9.17) is 11.6 Å². The molecule has 5 heteroatoms. The summed E-state index contributed by atoms with van der Waals surface area (Å²) in [6.45, 7) is 9.98. The summed E-state index contributed by atoms with van der Waals surface area (Å²) in [6, 6.07) is 6.44. The second kappa shape index (κ2) is 6.51. The molecule has 2 aromatic rings. The van der Waals surface area contributed by atoms with Gasteiger partial charge in [-0.25, -0.2) is 0 Å². The zero-order valence-electron chi connectivity index (χ0n) is 12.9. The zero-order chi connectivity index (χ0) is 15.6. The molecule has 0 saturated carbocycles. The maximum atomic E-state index is 6.04. The largest absolute Gasteiger partial charge is 0.308 e. The lowest BCUT2D eigenvalue weighted by Crippen LogP contribution is -2.35. The first kappa shape index (κ1) is 16.5. The molecular weight excluding hydrogens is 350 g/mol. The minimum Gasteiger partial charge on any atom is -0.308 e. The Kier molecular flexibility index (Phi) is 5.12. The molecule has 1 heterocycles. The minimum absolute atomic E-state index is 0.120. The van der Waals surface area contributed by atoms with Gasteiger partial charge in [-0.15, -0.1) is 0 Å². The number of benzene rings is 1. The van der Waals surface area contributed by atoms with Gasteiger partial charge >= 0.3 is 0 Å². The third-order valence-electron chi connectivity index (χ3n) is 3.16. The predicted octanol–water partition coefficient (Wildman–Crippen LogP) is 4.54. The molecule has 1 N–H and O–H groups in total. The van der Waals surface area contributed by atoms with Crippen LogP contribution in [0.1, 0.15) is 37.6 Å². The van der Waals surface area contributed by atoms with Crippen molar-refractivity contribution in [3.63, 3.8) is 0 Å². The molecule has 0 atom stereocenters. The van der Waals surface area contributed by atoms with Crippen molar-refractivity contribution in [3.8, 4) is 0 Å². The monoisotopic (exact) mass is 369 g/mol. The fraction of sp³-hybridized carbons (Fsp3) is 0.438. The molecule has 21 heavy (non-hydrogen) atoms. The smallest absolute Gasteiger partial charge is 0.0815 e. The van der Waals surface area contributed by atoms with E-state index in [1.807, 2.05) is 17.8 Å². The Hall–Kier alpha value is -0.840. The standard InChI is InChI=1S/C16H21BrClN3/c1-11-15(18)10-21(20-11)9-13-6-5-12(7-14(13)17)8-19-16(2,3)4/h5-7,10,19H,8-9H2,1-4H3. The topological polar surface area (TPSA) is 29.9 Å². The number of hydrogen-bond donors (Lipinski definition) is 1. The lowest BCUT2D eigenvalue weighted by atomic mass is 10.1. The number of halogens is 2. The van der Waals surface area contributed by atoms with Gasteiger partial charge in [-0.2, -0.15) is 5.10 Å². The van der Waals surface area contributed by atoms with Gasteiger partial charge in [0.15, 0.2) is 0 Å². The predicted molar refractivity (Wildman–Crippen MR) is 91.8 cm³/mol. The van der Waals surface area contributed by atoms with E-state index >= 15 is 0 Å². The Balaban J connectivity index is 2.08. The molecule has 0 saturated heterocycles. The van der Waals surface area contributed by atoms with Crippen molar-refractivity contribution in [2.24, 2.45) is 0 Å². The van der Waals surface area contributed by atoms with Gasteiger partial charge in [0.2, 0.25) is 0 Å². The lowest BCUT2D eigenvalue weighted by molar-refractivity contribution is 0.424. The van der Waals surface area contributed by atoms with Crippen LogP contribution >= 0.6 is 27.5 Å². The Morgan fingerprint density at radius 2 is 2.05 bits per heavy atom. The van der Waals surface area contributed by atoms with Crippen LogP contribution < -0.4 is 5.32 Å². The van der Waals surface area contributed by atoms with Gasteiger partial charge in [-0.1, -0.05) is 39.7 Å². The third-order valence-corrected chi connectivity index (χ3v) is 4.27. The van der Waals surface area contributed by atoms with E-state index in [1.165, 1.54) is 11.1 Å². The van der Waals surface area contributed by atoms with E-state index in [1.54, 1.807) is 0 Å². The highest BCUT2D eigenvalue weighted by molar-refractivity contribution is 9.10. The fourth-order valence-corrected chi connectivity index (χ4v) is 2.65. The fourth-order valence-electron chi connectivity index (χ4n) is 1.95. The summed E-state index contributed by atoms with van der Waals surface area (Å²) in [5, 5.41) is 8.58. The van der Waals surface area contributed by atoms with Crippen molar-refractivity contribution in [2.45, 2.75) is 46.3 Å². The average Bonchev–Trinajstić information content (AvgIpc) is 2.68. The first-order valence-electron chi connectivity index (χ1n) is 6.96. The summed E-state index contributed by atoms with van der Waals surface area (Å²) in [6.07, 6.45) is 1.86. The molecule has 0 aliphatic carbocycles. The summed E-state index contributed by atoms with van der Waals surface area (Å²) < 4.78 is 2.96. The zero-order valence-corrected chi connectivity index (χ0v) is 15.2. The molecule has 0 spiro atoms. The average molecular weight is 371 g/mol. The van der Waals surface area contributed by atoms with Gasteiger partial charge < -0.3 is 5.32 Å². The molecule has 0 aliphatic rings. The maximum absolute atomic E-state index is 6.04. The third kappa shape index (κ3) is 4.83. The van der Waals surface area contributed by atoms with E-state index in [-0.39, 0.29) is 5.54 Å². The van der Waals surface area contributed by atoms with Crippen molar-refractivity contribution < 1.29 is 0 Å². The van der Waals surface area contributed by atoms with Crippen molar-refractivity contribution in [1.82, 2.24) is 15.1 Å². The number of hydrogen-bond acceptors (Lipinski definition) is 2. The van der Waals surface area contributed by atoms with E-state index in [0.717, 1.165) is 16.7 Å². The van der Waals surface area contributed by atoms with Crippen LogP contribution in [0.2, 0.25) is 5.02 Å². The van der Waals surface area contributed by atoms with Crippen molar-refractivity contribution in [1.29, 1.82) is 0 Å². The SMILES string of the molecule is Cc1nn(Cc2ccc(CNC(C)(C)C)cc2Br)cc1Cl. The normalized spacial score (nSPS) is 11.9. The molecule has 0 amide bonds. The Bertz CT molecular complexity index is 609. The summed E-state index contributed by atoms with van der Waals surface area (Å²) in [5.74, 6) is 0. The quantitative estimate of drug-likeness (QED) is 0.856. The van der Waals surface area contributed by atoms with Crippen LogP contribution in [-0.2, 0) is 13.1 Å². The van der Waals surface area contributed by atoms with E-state index in [9.17, 15) is 0 Å². The minimum atomic E-state index is 0.120. The molecular formula is C16H21BrClN3. The molecule has 1 aromatic heterocycles. The Morgan fingerprint density at radius 3 is 2.57 bits per heavy atom. The van der Waals surface area contributed by atoms with Crippen molar-refractivity contribution >= 4 is 27.5 Å². The number of nitrogens with zero attached hydrogens (tertiary/aromatic N) is 2. The molecule has 0 unspecified atom stereocenters. The molecule has 0 bridgehead atoms. The molecule has 1 aromatic carbocycles. The second-order valence-electron chi connectivity index (χ2n) is 6.29. The highest BCUT2D eigenvalue weighted by Crippen LogP contribution is 2.21. The van der Waals surface area contributed by atoms with Crippen molar-refractivity contribution in [2.75, 3.05) is 0 Å². The number of nitrogens with one attached hydrogen (secondary N) is 1. The molecule has 3 nitrogen and oxygen atoms in total. The number of aromatic nitrogens is 2. The Labute approximate surface area is 139 Å². The number of aryl methyl sites for hydroxylation is 1. The molecule has 0 radical (unpaired) electrons.